The Kier molecular flexibility index (Phi) is 6.44. The number of carbonyl (C=O) groups excluding carboxylic acids is 1. The molecule has 0 aromatic carbocycles. The zero-order valence-corrected chi connectivity index (χ0v) is 11.7. The van der Waals surface area contributed by atoms with Crippen LogP contribution in [0, 0.1) is 5.92 Å². The molecule has 0 heterocycles. The first-order valence-electron chi connectivity index (χ1n) is 6.41. The molecule has 0 spiro atoms. The van der Waals surface area contributed by atoms with Gasteiger partial charge in [-0.05, 0) is 45.5 Å². The monoisotopic (exact) mass is 243 g/mol. The molecule has 0 aliphatic heterocycles. The van der Waals surface area contributed by atoms with Gasteiger partial charge in [-0.3, -0.25) is 4.79 Å². The minimum atomic E-state index is 0.370. The fourth-order valence-electron chi connectivity index (χ4n) is 2.48. The standard InChI is InChI=1S/C13H25NOS/c1-4-12(10-16-3)14(2)9-8-11-6-5-7-13(11)15/h11-12H,4-10H2,1-3H3. The number of Topliss-reactive ketones (excluding diaryl/α,β-unsaturated/α-hetero) is 1. The van der Waals surface area contributed by atoms with Crippen molar-refractivity contribution in [3.63, 3.8) is 0 Å². The van der Waals surface area contributed by atoms with Crippen LogP contribution >= 0.6 is 11.8 Å². The van der Waals surface area contributed by atoms with Crippen molar-refractivity contribution in [3.05, 3.63) is 0 Å². The van der Waals surface area contributed by atoms with Gasteiger partial charge in [-0.1, -0.05) is 6.92 Å². The summed E-state index contributed by atoms with van der Waals surface area (Å²) in [5, 5.41) is 0. The highest BCUT2D eigenvalue weighted by Gasteiger charge is 2.24. The van der Waals surface area contributed by atoms with E-state index in [1.54, 1.807) is 0 Å². The lowest BCUT2D eigenvalue weighted by molar-refractivity contribution is -0.120. The highest BCUT2D eigenvalue weighted by atomic mass is 32.2. The molecule has 1 fully saturated rings. The first-order valence-corrected chi connectivity index (χ1v) is 7.80. The van der Waals surface area contributed by atoms with Crippen molar-refractivity contribution < 1.29 is 4.79 Å². The summed E-state index contributed by atoms with van der Waals surface area (Å²) in [6.45, 7) is 3.33. The van der Waals surface area contributed by atoms with Gasteiger partial charge in [0.05, 0.1) is 0 Å². The summed E-state index contributed by atoms with van der Waals surface area (Å²) in [5.41, 5.74) is 0. The topological polar surface area (TPSA) is 20.3 Å². The molecule has 0 saturated heterocycles. The zero-order valence-electron chi connectivity index (χ0n) is 10.9. The fourth-order valence-corrected chi connectivity index (χ4v) is 3.36. The number of hydrogen-bond acceptors (Lipinski definition) is 3. The lowest BCUT2D eigenvalue weighted by Gasteiger charge is -2.27. The van der Waals surface area contributed by atoms with E-state index in [0.29, 0.717) is 17.7 Å². The maximum Gasteiger partial charge on any atom is 0.136 e. The lowest BCUT2D eigenvalue weighted by atomic mass is 10.0. The minimum Gasteiger partial charge on any atom is -0.303 e. The Labute approximate surface area is 104 Å². The van der Waals surface area contributed by atoms with E-state index in [0.717, 1.165) is 32.2 Å². The Morgan fingerprint density at radius 3 is 2.81 bits per heavy atom. The summed E-state index contributed by atoms with van der Waals surface area (Å²) in [6, 6.07) is 0.673. The van der Waals surface area contributed by atoms with E-state index in [1.807, 2.05) is 11.8 Å². The molecule has 0 N–H and O–H groups in total. The van der Waals surface area contributed by atoms with E-state index in [9.17, 15) is 4.79 Å². The number of carbonyl (C=O) groups is 1. The normalized spacial score (nSPS) is 23.0. The first-order chi connectivity index (χ1) is 7.69. The Morgan fingerprint density at radius 1 is 1.56 bits per heavy atom. The number of thioether (sulfide) groups is 1. The first kappa shape index (κ1) is 14.0. The summed E-state index contributed by atoms with van der Waals surface area (Å²) in [4.78, 5) is 14.0. The van der Waals surface area contributed by atoms with Crippen LogP contribution in [0.2, 0.25) is 0 Å². The quantitative estimate of drug-likeness (QED) is 0.686. The summed E-state index contributed by atoms with van der Waals surface area (Å²) in [6.07, 6.45) is 7.52. The van der Waals surface area contributed by atoms with E-state index < -0.39 is 0 Å². The predicted octanol–water partition coefficient (Wildman–Crippen LogP) is 2.82. The Hall–Kier alpha value is -0.0200. The van der Waals surface area contributed by atoms with Crippen LogP contribution in [0.15, 0.2) is 0 Å². The van der Waals surface area contributed by atoms with Gasteiger partial charge in [0, 0.05) is 24.1 Å². The predicted molar refractivity (Wildman–Crippen MR) is 72.1 cm³/mol. The molecule has 1 rings (SSSR count). The maximum atomic E-state index is 11.5. The summed E-state index contributed by atoms with van der Waals surface area (Å²) >= 11 is 1.91. The van der Waals surface area contributed by atoms with E-state index in [-0.39, 0.29) is 0 Å². The summed E-state index contributed by atoms with van der Waals surface area (Å²) in [7, 11) is 2.20. The summed E-state index contributed by atoms with van der Waals surface area (Å²) < 4.78 is 0. The van der Waals surface area contributed by atoms with Crippen molar-refractivity contribution in [1.29, 1.82) is 0 Å². The maximum absolute atomic E-state index is 11.5. The van der Waals surface area contributed by atoms with E-state index in [4.69, 9.17) is 0 Å². The van der Waals surface area contributed by atoms with E-state index in [2.05, 4.69) is 25.1 Å². The average molecular weight is 243 g/mol. The molecule has 0 radical (unpaired) electrons. The summed E-state index contributed by atoms with van der Waals surface area (Å²) in [5.74, 6) is 2.08. The van der Waals surface area contributed by atoms with Crippen LogP contribution in [0.4, 0.5) is 0 Å². The molecule has 1 aliphatic rings. The minimum absolute atomic E-state index is 0.370. The van der Waals surface area contributed by atoms with Gasteiger partial charge in [-0.15, -0.1) is 0 Å². The second-order valence-electron chi connectivity index (χ2n) is 4.84. The Bertz CT molecular complexity index is 220. The highest BCUT2D eigenvalue weighted by molar-refractivity contribution is 7.98. The molecule has 3 heteroatoms. The van der Waals surface area contributed by atoms with E-state index >= 15 is 0 Å². The van der Waals surface area contributed by atoms with Crippen LogP contribution in [-0.2, 0) is 4.79 Å². The highest BCUT2D eigenvalue weighted by Crippen LogP contribution is 2.24. The molecule has 2 unspecified atom stereocenters. The number of hydrogen-bond donors (Lipinski definition) is 0. The van der Waals surface area contributed by atoms with Gasteiger partial charge in [0.15, 0.2) is 0 Å². The molecule has 1 aliphatic carbocycles. The Balaban J connectivity index is 2.27. The molecular weight excluding hydrogens is 218 g/mol. The van der Waals surface area contributed by atoms with Crippen LogP contribution in [0.1, 0.15) is 39.0 Å². The molecule has 16 heavy (non-hydrogen) atoms. The van der Waals surface area contributed by atoms with Crippen LogP contribution in [0.5, 0.6) is 0 Å². The van der Waals surface area contributed by atoms with Crippen molar-refractivity contribution in [2.45, 2.75) is 45.1 Å². The number of ketones is 1. The van der Waals surface area contributed by atoms with Gasteiger partial charge in [0.2, 0.25) is 0 Å². The van der Waals surface area contributed by atoms with Crippen molar-refractivity contribution in [1.82, 2.24) is 4.90 Å². The second kappa shape index (κ2) is 7.33. The SMILES string of the molecule is CCC(CSC)N(C)CCC1CCCC1=O. The smallest absolute Gasteiger partial charge is 0.136 e. The van der Waals surface area contributed by atoms with Crippen LogP contribution in [-0.4, -0.2) is 42.3 Å². The number of rotatable bonds is 7. The average Bonchev–Trinajstić information content (AvgIpc) is 2.68. The van der Waals surface area contributed by atoms with Crippen LogP contribution in [0.25, 0.3) is 0 Å². The van der Waals surface area contributed by atoms with Gasteiger partial charge < -0.3 is 4.90 Å². The molecule has 0 amide bonds. The second-order valence-corrected chi connectivity index (χ2v) is 5.75. The lowest BCUT2D eigenvalue weighted by Crippen LogP contribution is -2.35. The molecule has 94 valence electrons. The molecule has 0 aromatic rings. The third kappa shape index (κ3) is 4.10. The van der Waals surface area contributed by atoms with Crippen molar-refractivity contribution in [2.24, 2.45) is 5.92 Å². The molecule has 2 atom stereocenters. The zero-order chi connectivity index (χ0) is 12.0. The molecule has 0 aromatic heterocycles. The Morgan fingerprint density at radius 2 is 2.31 bits per heavy atom. The fraction of sp³-hybridized carbons (Fsp3) is 0.923. The molecule has 1 saturated carbocycles. The molecule has 2 nitrogen and oxygen atoms in total. The van der Waals surface area contributed by atoms with Crippen molar-refractivity contribution in [2.75, 3.05) is 25.6 Å². The third-order valence-corrected chi connectivity index (χ3v) is 4.43. The van der Waals surface area contributed by atoms with Gasteiger partial charge in [0.25, 0.3) is 0 Å². The largest absolute Gasteiger partial charge is 0.303 e. The van der Waals surface area contributed by atoms with Crippen molar-refractivity contribution >= 4 is 17.5 Å². The van der Waals surface area contributed by atoms with Crippen molar-refractivity contribution in [3.8, 4) is 0 Å². The number of nitrogens with zero attached hydrogens (tertiary/aromatic N) is 1. The van der Waals surface area contributed by atoms with E-state index in [1.165, 1.54) is 12.2 Å². The van der Waals surface area contributed by atoms with Crippen LogP contribution < -0.4 is 0 Å². The van der Waals surface area contributed by atoms with Crippen LogP contribution in [0.3, 0.4) is 0 Å². The van der Waals surface area contributed by atoms with Gasteiger partial charge >= 0.3 is 0 Å². The molecular formula is C13H25NOS. The third-order valence-electron chi connectivity index (χ3n) is 3.72. The molecule has 0 bridgehead atoms. The van der Waals surface area contributed by atoms with Gasteiger partial charge in [0.1, 0.15) is 5.78 Å². The van der Waals surface area contributed by atoms with Gasteiger partial charge in [-0.2, -0.15) is 11.8 Å². The van der Waals surface area contributed by atoms with Gasteiger partial charge in [-0.25, -0.2) is 0 Å².